The Balaban J connectivity index is 2.09. The molecule has 6 nitrogen and oxygen atoms in total. The summed E-state index contributed by atoms with van der Waals surface area (Å²) in [5.41, 5.74) is 6.32. The quantitative estimate of drug-likeness (QED) is 0.402. The van der Waals surface area contributed by atoms with Crippen molar-refractivity contribution in [1.29, 1.82) is 0 Å². The molecule has 1 aromatic carbocycles. The van der Waals surface area contributed by atoms with Gasteiger partial charge >= 0.3 is 5.97 Å². The van der Waals surface area contributed by atoms with Crippen LogP contribution in [0.25, 0.3) is 0 Å². The van der Waals surface area contributed by atoms with E-state index in [-0.39, 0.29) is 6.61 Å². The molecule has 118 valence electrons. The van der Waals surface area contributed by atoms with Gasteiger partial charge in [0.1, 0.15) is 6.61 Å². The lowest BCUT2D eigenvalue weighted by atomic mass is 10.2. The zero-order valence-electron chi connectivity index (χ0n) is 12.0. The third-order valence-electron chi connectivity index (χ3n) is 2.50. The highest BCUT2D eigenvalue weighted by molar-refractivity contribution is 6.33. The second-order valence-electron chi connectivity index (χ2n) is 4.09. The number of hydrogen-bond acceptors (Lipinski definition) is 6. The summed E-state index contributed by atoms with van der Waals surface area (Å²) < 4.78 is 20.3. The minimum atomic E-state index is -0.460. The van der Waals surface area contributed by atoms with Crippen molar-refractivity contribution < 1.29 is 23.7 Å². The summed E-state index contributed by atoms with van der Waals surface area (Å²) in [6, 6.07) is 4.60. The monoisotopic (exact) mass is 317 g/mol. The Morgan fingerprint density at radius 3 is 2.33 bits per heavy atom. The van der Waals surface area contributed by atoms with Crippen molar-refractivity contribution in [2.45, 2.75) is 0 Å². The van der Waals surface area contributed by atoms with Crippen molar-refractivity contribution in [1.82, 2.24) is 0 Å². The van der Waals surface area contributed by atoms with E-state index >= 15 is 0 Å². The minimum absolute atomic E-state index is 0.166. The van der Waals surface area contributed by atoms with Gasteiger partial charge in [0.15, 0.2) is 0 Å². The molecule has 1 aromatic rings. The molecule has 0 aliphatic carbocycles. The fourth-order valence-electron chi connectivity index (χ4n) is 1.41. The summed E-state index contributed by atoms with van der Waals surface area (Å²) in [4.78, 5) is 11.7. The Morgan fingerprint density at radius 2 is 1.71 bits per heavy atom. The van der Waals surface area contributed by atoms with Gasteiger partial charge in [0.2, 0.25) is 0 Å². The highest BCUT2D eigenvalue weighted by Crippen LogP contribution is 2.19. The number of benzene rings is 1. The van der Waals surface area contributed by atoms with Crippen LogP contribution < -0.4 is 5.73 Å². The van der Waals surface area contributed by atoms with Crippen LogP contribution >= 0.6 is 11.6 Å². The first kappa shape index (κ1) is 17.7. The van der Waals surface area contributed by atoms with Gasteiger partial charge in [0, 0.05) is 7.11 Å². The number of nitrogens with two attached hydrogens (primary N) is 1. The molecule has 0 aliphatic heterocycles. The molecule has 0 aromatic heterocycles. The lowest BCUT2D eigenvalue weighted by Gasteiger charge is -2.07. The maximum absolute atomic E-state index is 11.7. The second kappa shape index (κ2) is 10.4. The number of hydrogen-bond donors (Lipinski definition) is 1. The van der Waals surface area contributed by atoms with E-state index in [2.05, 4.69) is 0 Å². The van der Waals surface area contributed by atoms with Gasteiger partial charge in [-0.05, 0) is 18.2 Å². The lowest BCUT2D eigenvalue weighted by molar-refractivity contribution is 0.00570. The molecule has 0 saturated heterocycles. The fourth-order valence-corrected chi connectivity index (χ4v) is 1.53. The summed E-state index contributed by atoms with van der Waals surface area (Å²) in [7, 11) is 1.61. The minimum Gasteiger partial charge on any atom is -0.460 e. The van der Waals surface area contributed by atoms with Gasteiger partial charge in [-0.25, -0.2) is 4.79 Å². The molecule has 0 aliphatic rings. The molecule has 7 heteroatoms. The van der Waals surface area contributed by atoms with Gasteiger partial charge in [0.05, 0.1) is 49.3 Å². The van der Waals surface area contributed by atoms with Crippen LogP contribution in [0.5, 0.6) is 0 Å². The first-order valence-corrected chi connectivity index (χ1v) is 6.89. The zero-order chi connectivity index (χ0) is 15.5. The third-order valence-corrected chi connectivity index (χ3v) is 2.84. The van der Waals surface area contributed by atoms with Crippen LogP contribution in [0.2, 0.25) is 5.02 Å². The van der Waals surface area contributed by atoms with E-state index in [1.807, 2.05) is 0 Å². The summed E-state index contributed by atoms with van der Waals surface area (Å²) in [6.45, 7) is 2.48. The maximum atomic E-state index is 11.7. The van der Waals surface area contributed by atoms with Crippen LogP contribution in [0.1, 0.15) is 10.4 Å². The Bertz CT molecular complexity index is 441. The molecule has 1 rings (SSSR count). The van der Waals surface area contributed by atoms with Crippen molar-refractivity contribution in [2.75, 3.05) is 52.5 Å². The van der Waals surface area contributed by atoms with Crippen molar-refractivity contribution in [2.24, 2.45) is 0 Å². The number of anilines is 1. The average Bonchev–Trinajstić information content (AvgIpc) is 2.48. The summed E-state index contributed by atoms with van der Waals surface area (Å²) in [6.07, 6.45) is 0. The summed E-state index contributed by atoms with van der Waals surface area (Å²) in [5, 5.41) is 0.406. The number of ether oxygens (including phenoxy) is 4. The van der Waals surface area contributed by atoms with Gasteiger partial charge in [-0.1, -0.05) is 11.6 Å². The van der Waals surface area contributed by atoms with Gasteiger partial charge in [0.25, 0.3) is 0 Å². The van der Waals surface area contributed by atoms with Crippen LogP contribution in [-0.2, 0) is 18.9 Å². The van der Waals surface area contributed by atoms with Crippen LogP contribution in [0, 0.1) is 0 Å². The smallest absolute Gasteiger partial charge is 0.338 e. The molecule has 21 heavy (non-hydrogen) atoms. The van der Waals surface area contributed by atoms with Gasteiger partial charge in [-0.3, -0.25) is 0 Å². The number of carbonyl (C=O) groups is 1. The van der Waals surface area contributed by atoms with Crippen LogP contribution in [0.15, 0.2) is 18.2 Å². The second-order valence-corrected chi connectivity index (χ2v) is 4.50. The normalized spacial score (nSPS) is 10.6. The largest absolute Gasteiger partial charge is 0.460 e. The highest BCUT2D eigenvalue weighted by atomic mass is 35.5. The first-order chi connectivity index (χ1) is 10.1. The van der Waals surface area contributed by atoms with E-state index in [1.54, 1.807) is 19.2 Å². The predicted molar refractivity (Wildman–Crippen MR) is 79.7 cm³/mol. The molecule has 2 N–H and O–H groups in total. The van der Waals surface area contributed by atoms with E-state index in [9.17, 15) is 4.79 Å². The highest BCUT2D eigenvalue weighted by Gasteiger charge is 2.08. The Morgan fingerprint density at radius 1 is 1.10 bits per heavy atom. The number of methoxy groups -OCH3 is 1. The molecule has 0 amide bonds. The van der Waals surface area contributed by atoms with E-state index in [1.165, 1.54) is 6.07 Å². The number of carbonyl (C=O) groups excluding carboxylic acids is 1. The number of nitrogen functional groups attached to an aromatic ring is 1. The molecular formula is C14H20ClNO5. The molecular weight excluding hydrogens is 298 g/mol. The van der Waals surface area contributed by atoms with Crippen LogP contribution in [0.3, 0.4) is 0 Å². The number of esters is 1. The molecule has 0 radical (unpaired) electrons. The molecule has 0 unspecified atom stereocenters. The van der Waals surface area contributed by atoms with Crippen LogP contribution in [-0.4, -0.2) is 52.7 Å². The van der Waals surface area contributed by atoms with E-state index < -0.39 is 5.97 Å². The first-order valence-electron chi connectivity index (χ1n) is 6.51. The van der Waals surface area contributed by atoms with Crippen molar-refractivity contribution in [3.05, 3.63) is 28.8 Å². The molecule has 0 spiro atoms. The van der Waals surface area contributed by atoms with E-state index in [4.69, 9.17) is 36.3 Å². The number of rotatable bonds is 10. The average molecular weight is 318 g/mol. The lowest BCUT2D eigenvalue weighted by Crippen LogP contribution is -2.14. The van der Waals surface area contributed by atoms with Gasteiger partial charge in [-0.2, -0.15) is 0 Å². The Hall–Kier alpha value is -1.34. The van der Waals surface area contributed by atoms with Gasteiger partial charge in [-0.15, -0.1) is 0 Å². The maximum Gasteiger partial charge on any atom is 0.338 e. The Kier molecular flexibility index (Phi) is 8.77. The van der Waals surface area contributed by atoms with Crippen molar-refractivity contribution in [3.63, 3.8) is 0 Å². The summed E-state index contributed by atoms with van der Waals surface area (Å²) in [5.74, 6) is -0.460. The number of halogens is 1. The molecule has 0 heterocycles. The van der Waals surface area contributed by atoms with Crippen molar-refractivity contribution >= 4 is 23.3 Å². The van der Waals surface area contributed by atoms with Gasteiger partial charge < -0.3 is 24.7 Å². The van der Waals surface area contributed by atoms with E-state index in [0.29, 0.717) is 49.3 Å². The molecule has 0 fully saturated rings. The topological polar surface area (TPSA) is 80.0 Å². The standard InChI is InChI=1S/C14H20ClNO5/c1-18-4-5-19-6-7-20-8-9-21-14(17)11-2-3-12(15)13(16)10-11/h2-3,10H,4-9,16H2,1H3. The van der Waals surface area contributed by atoms with Crippen molar-refractivity contribution in [3.8, 4) is 0 Å². The Labute approximate surface area is 129 Å². The molecule has 0 atom stereocenters. The molecule has 0 saturated carbocycles. The SMILES string of the molecule is COCCOCCOCCOC(=O)c1ccc(Cl)c(N)c1. The fraction of sp³-hybridized carbons (Fsp3) is 0.500. The van der Waals surface area contributed by atoms with E-state index in [0.717, 1.165) is 0 Å². The third kappa shape index (κ3) is 7.29. The predicted octanol–water partition coefficient (Wildman–Crippen LogP) is 1.76. The summed E-state index contributed by atoms with van der Waals surface area (Å²) >= 11 is 5.78. The zero-order valence-corrected chi connectivity index (χ0v) is 12.7. The molecule has 0 bridgehead atoms. The van der Waals surface area contributed by atoms with Crippen LogP contribution in [0.4, 0.5) is 5.69 Å².